The lowest BCUT2D eigenvalue weighted by Crippen LogP contribution is -2.41. The van der Waals surface area contributed by atoms with Gasteiger partial charge < -0.3 is 14.6 Å². The maximum atomic E-state index is 13.6. The number of unbranched alkanes of at least 4 members (excludes halogenated alkanes) is 1. The Morgan fingerprint density at radius 3 is 2.68 bits per heavy atom. The number of halogens is 1. The van der Waals surface area contributed by atoms with E-state index in [1.54, 1.807) is 12.1 Å². The number of allylic oxidation sites excluding steroid dienone is 2. The summed E-state index contributed by atoms with van der Waals surface area (Å²) in [5, 5.41) is 8.84. The normalized spacial score (nSPS) is 25.9. The van der Waals surface area contributed by atoms with E-state index in [4.69, 9.17) is 14.6 Å². The maximum Gasteiger partial charge on any atom is 0.303 e. The van der Waals surface area contributed by atoms with Crippen molar-refractivity contribution in [1.82, 2.24) is 0 Å². The van der Waals surface area contributed by atoms with Crippen molar-refractivity contribution in [3.8, 4) is 0 Å². The number of fused-ring (bicyclic) bond motifs is 2. The summed E-state index contributed by atoms with van der Waals surface area (Å²) >= 11 is 0. The second-order valence-corrected chi connectivity index (χ2v) is 9.64. The Morgan fingerprint density at radius 1 is 1.12 bits per heavy atom. The van der Waals surface area contributed by atoms with Crippen LogP contribution >= 0.6 is 0 Å². The first-order valence-corrected chi connectivity index (χ1v) is 12.4. The number of carboxylic acids is 1. The highest BCUT2D eigenvalue weighted by molar-refractivity contribution is 5.66. The molecule has 2 fully saturated rings. The van der Waals surface area contributed by atoms with E-state index >= 15 is 0 Å². The highest BCUT2D eigenvalue weighted by atomic mass is 19.1. The molecule has 4 rings (SSSR count). The second kappa shape index (κ2) is 11.8. The standard InChI is InChI=1S/C29H35FO4/c30-24-16-14-23(15-17-24)29-19-27(34-21-29)25(26(29)12-6-1-2-7-13-28(31)32)20-33-18-8-11-22-9-4-3-5-10-22/h1,3-6,9-10,14-17,25-27H,2,7-8,11-13,18-21H2,(H,31,32)/t25-,26-,27-,29-/m0/s1. The van der Waals surface area contributed by atoms with E-state index in [9.17, 15) is 9.18 Å². The van der Waals surface area contributed by atoms with Crippen LogP contribution in [0, 0.1) is 17.7 Å². The van der Waals surface area contributed by atoms with E-state index in [1.807, 2.05) is 18.2 Å². The van der Waals surface area contributed by atoms with Gasteiger partial charge in [0.2, 0.25) is 0 Å². The molecule has 2 bridgehead atoms. The number of carboxylic acid groups (broad SMARTS) is 1. The average molecular weight is 467 g/mol. The van der Waals surface area contributed by atoms with Crippen LogP contribution in [0.15, 0.2) is 66.7 Å². The molecule has 4 atom stereocenters. The third kappa shape index (κ3) is 5.94. The molecule has 1 aliphatic heterocycles. The Hall–Kier alpha value is -2.50. The van der Waals surface area contributed by atoms with Gasteiger partial charge in [-0.1, -0.05) is 54.6 Å². The molecule has 0 spiro atoms. The fourth-order valence-electron chi connectivity index (χ4n) is 5.73. The van der Waals surface area contributed by atoms with Crippen LogP contribution in [0.25, 0.3) is 0 Å². The lowest BCUT2D eigenvalue weighted by molar-refractivity contribution is -0.137. The lowest BCUT2D eigenvalue weighted by Gasteiger charge is -2.39. The molecule has 4 nitrogen and oxygen atoms in total. The van der Waals surface area contributed by atoms with Crippen molar-refractivity contribution in [2.45, 2.75) is 56.5 Å². The van der Waals surface area contributed by atoms with E-state index in [0.717, 1.165) is 44.3 Å². The first-order chi connectivity index (χ1) is 16.6. The fraction of sp³-hybridized carbons (Fsp3) is 0.483. The number of aliphatic carboxylic acids is 1. The van der Waals surface area contributed by atoms with Crippen molar-refractivity contribution in [1.29, 1.82) is 0 Å². The van der Waals surface area contributed by atoms with Gasteiger partial charge in [0.15, 0.2) is 0 Å². The summed E-state index contributed by atoms with van der Waals surface area (Å²) < 4.78 is 26.0. The molecule has 1 aliphatic carbocycles. The third-order valence-electron chi connectivity index (χ3n) is 7.47. The molecule has 1 saturated carbocycles. The Morgan fingerprint density at radius 2 is 1.91 bits per heavy atom. The van der Waals surface area contributed by atoms with Crippen LogP contribution in [0.3, 0.4) is 0 Å². The van der Waals surface area contributed by atoms with Crippen LogP contribution in [0.2, 0.25) is 0 Å². The summed E-state index contributed by atoms with van der Waals surface area (Å²) in [5.74, 6) is -0.332. The number of benzene rings is 2. The molecule has 5 heteroatoms. The van der Waals surface area contributed by atoms with E-state index < -0.39 is 5.97 Å². The van der Waals surface area contributed by atoms with E-state index in [-0.39, 0.29) is 23.8 Å². The summed E-state index contributed by atoms with van der Waals surface area (Å²) in [4.78, 5) is 10.7. The van der Waals surface area contributed by atoms with Crippen LogP contribution in [0.1, 0.15) is 49.7 Å². The van der Waals surface area contributed by atoms with E-state index in [2.05, 4.69) is 36.4 Å². The SMILES string of the molecule is O=C(O)CCCC=CC[C@H]1[C@H](COCCCc2ccccc2)[C@@H]2C[C@@]1(c1ccc(F)cc1)CO2. The monoisotopic (exact) mass is 466 g/mol. The molecule has 182 valence electrons. The van der Waals surface area contributed by atoms with E-state index in [0.29, 0.717) is 31.5 Å². The summed E-state index contributed by atoms with van der Waals surface area (Å²) in [6.07, 6.45) is 9.89. The zero-order valence-electron chi connectivity index (χ0n) is 19.7. The molecule has 0 aromatic heterocycles. The van der Waals surface area contributed by atoms with Crippen LogP contribution in [0.5, 0.6) is 0 Å². The minimum absolute atomic E-state index is 0.123. The molecule has 34 heavy (non-hydrogen) atoms. The minimum atomic E-state index is -0.751. The summed E-state index contributed by atoms with van der Waals surface area (Å²) in [6.45, 7) is 2.05. The molecule has 1 N–H and O–H groups in total. The van der Waals surface area contributed by atoms with Crippen molar-refractivity contribution in [2.24, 2.45) is 11.8 Å². The number of hydrogen-bond donors (Lipinski definition) is 1. The van der Waals surface area contributed by atoms with Gasteiger partial charge in [0, 0.05) is 24.4 Å². The van der Waals surface area contributed by atoms with Gasteiger partial charge in [-0.2, -0.15) is 0 Å². The largest absolute Gasteiger partial charge is 0.481 e. The second-order valence-electron chi connectivity index (χ2n) is 9.64. The molecular formula is C29H35FO4. The molecule has 0 unspecified atom stereocenters. The number of aryl methyl sites for hydroxylation is 1. The first-order valence-electron chi connectivity index (χ1n) is 12.4. The number of hydrogen-bond acceptors (Lipinski definition) is 3. The van der Waals surface area contributed by atoms with Gasteiger partial charge in [-0.25, -0.2) is 4.39 Å². The quantitative estimate of drug-likeness (QED) is 0.293. The molecule has 2 aromatic rings. The molecule has 0 amide bonds. The Balaban J connectivity index is 1.38. The predicted molar refractivity (Wildman–Crippen MR) is 130 cm³/mol. The minimum Gasteiger partial charge on any atom is -0.481 e. The van der Waals surface area contributed by atoms with E-state index in [1.165, 1.54) is 5.56 Å². The number of carbonyl (C=O) groups is 1. The van der Waals surface area contributed by atoms with Gasteiger partial charge in [0.05, 0.1) is 19.3 Å². The van der Waals surface area contributed by atoms with Gasteiger partial charge in [-0.05, 0) is 67.7 Å². The number of rotatable bonds is 13. The van der Waals surface area contributed by atoms with Crippen molar-refractivity contribution >= 4 is 5.97 Å². The predicted octanol–water partition coefficient (Wildman–Crippen LogP) is 5.95. The fourth-order valence-corrected chi connectivity index (χ4v) is 5.73. The third-order valence-corrected chi connectivity index (χ3v) is 7.47. The molecule has 1 heterocycles. The van der Waals surface area contributed by atoms with Crippen molar-refractivity contribution in [3.05, 3.63) is 83.7 Å². The molecule has 2 aromatic carbocycles. The number of ether oxygens (including phenoxy) is 2. The Bertz CT molecular complexity index is 942. The van der Waals surface area contributed by atoms with Crippen molar-refractivity contribution in [3.63, 3.8) is 0 Å². The average Bonchev–Trinajstić information content (AvgIpc) is 3.40. The highest BCUT2D eigenvalue weighted by Gasteiger charge is 2.59. The van der Waals surface area contributed by atoms with Gasteiger partial charge >= 0.3 is 5.97 Å². The first kappa shape index (κ1) is 24.6. The van der Waals surface area contributed by atoms with Gasteiger partial charge in [-0.15, -0.1) is 0 Å². The van der Waals surface area contributed by atoms with Crippen LogP contribution in [0.4, 0.5) is 4.39 Å². The highest BCUT2D eigenvalue weighted by Crippen LogP contribution is 2.56. The zero-order valence-corrected chi connectivity index (χ0v) is 19.7. The molecular weight excluding hydrogens is 431 g/mol. The van der Waals surface area contributed by atoms with Gasteiger partial charge in [0.1, 0.15) is 5.82 Å². The van der Waals surface area contributed by atoms with Gasteiger partial charge in [0.25, 0.3) is 0 Å². The topological polar surface area (TPSA) is 55.8 Å². The molecule has 0 radical (unpaired) electrons. The summed E-state index contributed by atoms with van der Waals surface area (Å²) in [6, 6.07) is 17.4. The van der Waals surface area contributed by atoms with Crippen LogP contribution in [-0.4, -0.2) is 37.0 Å². The summed E-state index contributed by atoms with van der Waals surface area (Å²) in [5.41, 5.74) is 2.35. The molecule has 2 aliphatic rings. The lowest BCUT2D eigenvalue weighted by atomic mass is 9.69. The van der Waals surface area contributed by atoms with Crippen molar-refractivity contribution in [2.75, 3.05) is 19.8 Å². The van der Waals surface area contributed by atoms with Crippen LogP contribution < -0.4 is 0 Å². The Labute approximate surface area is 201 Å². The van der Waals surface area contributed by atoms with Crippen molar-refractivity contribution < 1.29 is 23.8 Å². The smallest absolute Gasteiger partial charge is 0.303 e. The van der Waals surface area contributed by atoms with Gasteiger partial charge in [-0.3, -0.25) is 4.79 Å². The van der Waals surface area contributed by atoms with Crippen LogP contribution in [-0.2, 0) is 26.1 Å². The summed E-state index contributed by atoms with van der Waals surface area (Å²) in [7, 11) is 0. The molecule has 1 saturated heterocycles. The zero-order chi connectivity index (χ0) is 23.8. The maximum absolute atomic E-state index is 13.6. The Kier molecular flexibility index (Phi) is 8.52.